The van der Waals surface area contributed by atoms with Crippen LogP contribution < -0.4 is 5.56 Å². The summed E-state index contributed by atoms with van der Waals surface area (Å²) in [6.45, 7) is 0. The number of aromatic amines is 1. The fourth-order valence-corrected chi connectivity index (χ4v) is 1.08. The molecule has 0 aliphatic carbocycles. The van der Waals surface area contributed by atoms with E-state index < -0.39 is 0 Å². The zero-order valence-corrected chi connectivity index (χ0v) is 7.99. The molecular weight excluding hydrogens is 232 g/mol. The minimum atomic E-state index is -0.373. The Morgan fingerprint density at radius 3 is 2.82 bits per heavy atom. The van der Waals surface area contributed by atoms with Gasteiger partial charge in [-0.15, -0.1) is 0 Å². The lowest BCUT2D eigenvalue weighted by atomic mass is 10.6. The monoisotopic (exact) mass is 236 g/mol. The van der Waals surface area contributed by atoms with Gasteiger partial charge >= 0.3 is 0 Å². The van der Waals surface area contributed by atoms with Crippen molar-refractivity contribution < 1.29 is 5.11 Å². The van der Waals surface area contributed by atoms with E-state index in [2.05, 4.69) is 25.9 Å². The molecule has 0 unspecified atom stereocenters. The van der Waals surface area contributed by atoms with Crippen molar-refractivity contribution in [3.8, 4) is 5.88 Å². The van der Waals surface area contributed by atoms with Gasteiger partial charge in [0.25, 0.3) is 5.56 Å². The van der Waals surface area contributed by atoms with Gasteiger partial charge in [-0.3, -0.25) is 4.79 Å². The van der Waals surface area contributed by atoms with Crippen LogP contribution in [0.5, 0.6) is 5.88 Å². The first kappa shape index (κ1) is 8.61. The maximum atomic E-state index is 10.9. The minimum absolute atomic E-state index is 0.0651. The summed E-state index contributed by atoms with van der Waals surface area (Å²) in [7, 11) is 0. The third kappa shape index (κ3) is 1.75. The van der Waals surface area contributed by atoms with Gasteiger partial charge in [-0.2, -0.15) is 4.98 Å². The highest BCUT2D eigenvalue weighted by molar-refractivity contribution is 9.10. The van der Waals surface area contributed by atoms with E-state index in [1.54, 1.807) is 6.26 Å². The predicted octanol–water partition coefficient (Wildman–Crippen LogP) is 0.960. The van der Waals surface area contributed by atoms with Crippen molar-refractivity contribution in [3.05, 3.63) is 14.8 Å². The highest BCUT2D eigenvalue weighted by atomic mass is 79.9. The molecule has 0 radical (unpaired) electrons. The summed E-state index contributed by atoms with van der Waals surface area (Å²) in [6.07, 6.45) is 1.76. The second kappa shape index (κ2) is 3.27. The fourth-order valence-electron chi connectivity index (χ4n) is 0.523. The van der Waals surface area contributed by atoms with Crippen molar-refractivity contribution in [2.75, 3.05) is 6.26 Å². The van der Waals surface area contributed by atoms with Crippen LogP contribution in [0.3, 0.4) is 0 Å². The largest absolute Gasteiger partial charge is 0.492 e. The molecule has 1 heterocycles. The molecule has 0 amide bonds. The van der Waals surface area contributed by atoms with Gasteiger partial charge < -0.3 is 10.1 Å². The van der Waals surface area contributed by atoms with Crippen LogP contribution in [0.4, 0.5) is 0 Å². The SMILES string of the molecule is CSc1nc(O)c(Br)c(=O)[nH]1. The van der Waals surface area contributed by atoms with Crippen molar-refractivity contribution >= 4 is 27.7 Å². The molecule has 0 spiro atoms. The molecular formula is C5H5BrN2O2S. The summed E-state index contributed by atoms with van der Waals surface area (Å²) in [4.78, 5) is 17.0. The lowest BCUT2D eigenvalue weighted by molar-refractivity contribution is 0.440. The lowest BCUT2D eigenvalue weighted by Crippen LogP contribution is -2.08. The van der Waals surface area contributed by atoms with E-state index in [0.29, 0.717) is 5.16 Å². The maximum absolute atomic E-state index is 10.9. The number of nitrogens with zero attached hydrogens (tertiary/aromatic N) is 1. The van der Waals surface area contributed by atoms with Crippen molar-refractivity contribution in [3.63, 3.8) is 0 Å². The van der Waals surface area contributed by atoms with Crippen LogP contribution in [-0.4, -0.2) is 21.3 Å². The van der Waals surface area contributed by atoms with Gasteiger partial charge in [0.15, 0.2) is 5.16 Å². The van der Waals surface area contributed by atoms with Gasteiger partial charge in [-0.1, -0.05) is 11.8 Å². The Kier molecular flexibility index (Phi) is 2.56. The van der Waals surface area contributed by atoms with Gasteiger partial charge in [0, 0.05) is 0 Å². The Bertz CT molecular complexity index is 325. The minimum Gasteiger partial charge on any atom is -0.492 e. The zero-order chi connectivity index (χ0) is 8.43. The fraction of sp³-hybridized carbons (Fsp3) is 0.200. The second-order valence-corrected chi connectivity index (χ2v) is 3.30. The van der Waals surface area contributed by atoms with Crippen LogP contribution in [0.1, 0.15) is 0 Å². The van der Waals surface area contributed by atoms with Gasteiger partial charge in [-0.25, -0.2) is 0 Å². The third-order valence-corrected chi connectivity index (χ3v) is 2.31. The Balaban J connectivity index is 3.32. The predicted molar refractivity (Wildman–Crippen MR) is 46.0 cm³/mol. The highest BCUT2D eigenvalue weighted by Gasteiger charge is 2.05. The number of halogens is 1. The number of thioether (sulfide) groups is 1. The standard InChI is InChI=1S/C5H5BrN2O2S/c1-11-5-7-3(9)2(6)4(10)8-5/h1H3,(H2,7,8,9,10). The molecule has 2 N–H and O–H groups in total. The van der Waals surface area contributed by atoms with E-state index in [9.17, 15) is 4.79 Å². The summed E-state index contributed by atoms with van der Waals surface area (Å²) < 4.78 is 0.0651. The van der Waals surface area contributed by atoms with Gasteiger partial charge in [0.2, 0.25) is 5.88 Å². The molecule has 0 saturated carbocycles. The molecule has 0 saturated heterocycles. The first-order valence-electron chi connectivity index (χ1n) is 2.68. The van der Waals surface area contributed by atoms with Crippen LogP contribution in [0, 0.1) is 0 Å². The van der Waals surface area contributed by atoms with Crippen molar-refractivity contribution in [1.82, 2.24) is 9.97 Å². The average molecular weight is 237 g/mol. The molecule has 11 heavy (non-hydrogen) atoms. The van der Waals surface area contributed by atoms with E-state index in [0.717, 1.165) is 0 Å². The molecule has 1 aromatic rings. The molecule has 0 aliphatic rings. The molecule has 0 fully saturated rings. The Hall–Kier alpha value is -0.490. The first-order chi connectivity index (χ1) is 5.15. The number of H-pyrrole nitrogens is 1. The quantitative estimate of drug-likeness (QED) is 0.564. The Morgan fingerprint density at radius 1 is 1.73 bits per heavy atom. The molecule has 0 aromatic carbocycles. The normalized spacial score (nSPS) is 10.0. The molecule has 0 bridgehead atoms. The third-order valence-electron chi connectivity index (χ3n) is 1.02. The summed E-state index contributed by atoms with van der Waals surface area (Å²) in [5.41, 5.74) is -0.373. The van der Waals surface area contributed by atoms with E-state index in [1.165, 1.54) is 11.8 Å². The second-order valence-electron chi connectivity index (χ2n) is 1.71. The number of aromatic hydroxyl groups is 1. The summed E-state index contributed by atoms with van der Waals surface area (Å²) in [6, 6.07) is 0. The number of hydrogen-bond donors (Lipinski definition) is 2. The zero-order valence-electron chi connectivity index (χ0n) is 5.59. The summed E-state index contributed by atoms with van der Waals surface area (Å²) in [5.74, 6) is -0.280. The number of aromatic nitrogens is 2. The number of hydrogen-bond acceptors (Lipinski definition) is 4. The van der Waals surface area contributed by atoms with E-state index in [4.69, 9.17) is 5.11 Å². The maximum Gasteiger partial charge on any atom is 0.269 e. The lowest BCUT2D eigenvalue weighted by Gasteiger charge is -1.96. The molecule has 0 atom stereocenters. The van der Waals surface area contributed by atoms with E-state index in [1.807, 2.05) is 0 Å². The number of nitrogens with one attached hydrogen (secondary N) is 1. The van der Waals surface area contributed by atoms with Crippen LogP contribution in [0.15, 0.2) is 14.4 Å². The Labute approximate surface area is 75.2 Å². The molecule has 4 nitrogen and oxygen atoms in total. The Morgan fingerprint density at radius 2 is 2.36 bits per heavy atom. The van der Waals surface area contributed by atoms with Gasteiger partial charge in [0.05, 0.1) is 0 Å². The van der Waals surface area contributed by atoms with Crippen LogP contribution >= 0.6 is 27.7 Å². The van der Waals surface area contributed by atoms with Crippen molar-refractivity contribution in [1.29, 1.82) is 0 Å². The number of rotatable bonds is 1. The van der Waals surface area contributed by atoms with Gasteiger partial charge in [-0.05, 0) is 22.2 Å². The molecule has 60 valence electrons. The van der Waals surface area contributed by atoms with E-state index >= 15 is 0 Å². The molecule has 0 aliphatic heterocycles. The summed E-state index contributed by atoms with van der Waals surface area (Å²) >= 11 is 4.14. The van der Waals surface area contributed by atoms with Gasteiger partial charge in [0.1, 0.15) is 4.47 Å². The van der Waals surface area contributed by atoms with E-state index in [-0.39, 0.29) is 15.9 Å². The van der Waals surface area contributed by atoms with Crippen LogP contribution in [0.2, 0.25) is 0 Å². The highest BCUT2D eigenvalue weighted by Crippen LogP contribution is 2.17. The van der Waals surface area contributed by atoms with Crippen LogP contribution in [0.25, 0.3) is 0 Å². The van der Waals surface area contributed by atoms with Crippen molar-refractivity contribution in [2.24, 2.45) is 0 Å². The average Bonchev–Trinajstić information content (AvgIpc) is 1.99. The first-order valence-corrected chi connectivity index (χ1v) is 4.69. The molecule has 1 aromatic heterocycles. The topological polar surface area (TPSA) is 66.0 Å². The molecule has 6 heteroatoms. The smallest absolute Gasteiger partial charge is 0.269 e. The van der Waals surface area contributed by atoms with Crippen LogP contribution in [-0.2, 0) is 0 Å². The van der Waals surface area contributed by atoms with Crippen molar-refractivity contribution in [2.45, 2.75) is 5.16 Å². The molecule has 1 rings (SSSR count). The summed E-state index contributed by atoms with van der Waals surface area (Å²) in [5, 5.41) is 9.42.